The second kappa shape index (κ2) is 3.62. The molecule has 1 rings (SSSR count). The number of nitrogens with zero attached hydrogens (tertiary/aromatic N) is 1. The Morgan fingerprint density at radius 1 is 1.62 bits per heavy atom. The predicted octanol–water partition coefficient (Wildman–Crippen LogP) is 2.83. The highest BCUT2D eigenvalue weighted by molar-refractivity contribution is 7.09. The van der Waals surface area contributed by atoms with Crippen molar-refractivity contribution in [3.63, 3.8) is 0 Å². The molecule has 0 N–H and O–H groups in total. The van der Waals surface area contributed by atoms with Crippen LogP contribution in [0.2, 0.25) is 0 Å². The molecule has 1 heterocycles. The van der Waals surface area contributed by atoms with Gasteiger partial charge >= 0.3 is 0 Å². The first kappa shape index (κ1) is 10.5. The van der Waals surface area contributed by atoms with Crippen LogP contribution in [-0.2, 0) is 12.0 Å². The molecule has 0 aliphatic rings. The number of thiazole rings is 1. The third-order valence-electron chi connectivity index (χ3n) is 2.39. The molecular formula is C11H18NS+. The molecule has 1 aromatic rings. The van der Waals surface area contributed by atoms with E-state index >= 15 is 0 Å². The summed E-state index contributed by atoms with van der Waals surface area (Å²) in [5, 5.41) is 3.60. The molecule has 0 aliphatic heterocycles. The zero-order valence-corrected chi connectivity index (χ0v) is 9.74. The Labute approximate surface area is 84.7 Å². The van der Waals surface area contributed by atoms with Crippen LogP contribution in [-0.4, -0.2) is 0 Å². The minimum Gasteiger partial charge on any atom is -0.190 e. The van der Waals surface area contributed by atoms with Crippen LogP contribution in [0.4, 0.5) is 0 Å². The minimum absolute atomic E-state index is 0.0922. The zero-order valence-electron chi connectivity index (χ0n) is 8.92. The van der Waals surface area contributed by atoms with Crippen molar-refractivity contribution in [2.45, 2.75) is 39.7 Å². The molecule has 0 fully saturated rings. The molecule has 0 radical (unpaired) electrons. The SMILES string of the molecule is C=CC(C)(C)c1scc(C)[n+]1CC. The van der Waals surface area contributed by atoms with Crippen LogP contribution in [0, 0.1) is 6.92 Å². The molecular weight excluding hydrogens is 178 g/mol. The van der Waals surface area contributed by atoms with E-state index < -0.39 is 0 Å². The lowest BCUT2D eigenvalue weighted by Crippen LogP contribution is -2.41. The molecule has 0 atom stereocenters. The smallest absolute Gasteiger partial charge is 0.190 e. The van der Waals surface area contributed by atoms with E-state index in [1.807, 2.05) is 17.4 Å². The molecule has 0 bridgehead atoms. The van der Waals surface area contributed by atoms with Crippen LogP contribution in [0.15, 0.2) is 18.0 Å². The Morgan fingerprint density at radius 2 is 2.23 bits per heavy atom. The van der Waals surface area contributed by atoms with Crippen molar-refractivity contribution in [3.05, 3.63) is 28.7 Å². The fraction of sp³-hybridized carbons (Fsp3) is 0.545. The largest absolute Gasteiger partial charge is 0.246 e. The Morgan fingerprint density at radius 3 is 2.69 bits per heavy atom. The van der Waals surface area contributed by atoms with Crippen molar-refractivity contribution >= 4 is 11.3 Å². The highest BCUT2D eigenvalue weighted by Crippen LogP contribution is 2.25. The maximum absolute atomic E-state index is 3.89. The summed E-state index contributed by atoms with van der Waals surface area (Å²) in [5.41, 5.74) is 1.44. The summed E-state index contributed by atoms with van der Waals surface area (Å²) in [6.07, 6.45) is 2.02. The summed E-state index contributed by atoms with van der Waals surface area (Å²) in [5.74, 6) is 0. The predicted molar refractivity (Wildman–Crippen MR) is 58.1 cm³/mol. The standard InChI is InChI=1S/C11H18NS/c1-6-11(4,5)10-12(7-2)9(3)8-13-10/h6,8H,1,7H2,2-5H3/q+1. The molecule has 0 amide bonds. The van der Waals surface area contributed by atoms with Crippen LogP contribution in [0.1, 0.15) is 31.5 Å². The van der Waals surface area contributed by atoms with E-state index in [1.165, 1.54) is 10.7 Å². The van der Waals surface area contributed by atoms with Crippen molar-refractivity contribution in [1.82, 2.24) is 0 Å². The quantitative estimate of drug-likeness (QED) is 0.517. The van der Waals surface area contributed by atoms with Gasteiger partial charge in [0.25, 0.3) is 0 Å². The van der Waals surface area contributed by atoms with Crippen LogP contribution < -0.4 is 4.57 Å². The number of aryl methyl sites for hydroxylation is 1. The normalized spacial score (nSPS) is 11.7. The summed E-state index contributed by atoms with van der Waals surface area (Å²) in [7, 11) is 0. The molecule has 1 nitrogen and oxygen atoms in total. The van der Waals surface area contributed by atoms with Gasteiger partial charge in [-0.1, -0.05) is 17.4 Å². The van der Waals surface area contributed by atoms with Gasteiger partial charge in [-0.05, 0) is 20.8 Å². The summed E-state index contributed by atoms with van der Waals surface area (Å²) >= 11 is 1.82. The number of allylic oxidation sites excluding steroid dienone is 1. The monoisotopic (exact) mass is 196 g/mol. The lowest BCUT2D eigenvalue weighted by molar-refractivity contribution is -0.703. The number of rotatable bonds is 3. The number of hydrogen-bond acceptors (Lipinski definition) is 1. The molecule has 2 heteroatoms. The Kier molecular flexibility index (Phi) is 2.91. The molecule has 72 valence electrons. The van der Waals surface area contributed by atoms with Crippen LogP contribution in [0.5, 0.6) is 0 Å². The highest BCUT2D eigenvalue weighted by atomic mass is 32.1. The zero-order chi connectivity index (χ0) is 10.1. The van der Waals surface area contributed by atoms with Crippen molar-refractivity contribution in [1.29, 1.82) is 0 Å². The molecule has 0 spiro atoms. The third-order valence-corrected chi connectivity index (χ3v) is 3.82. The lowest BCUT2D eigenvalue weighted by Gasteiger charge is -2.13. The first-order valence-corrected chi connectivity index (χ1v) is 5.53. The van der Waals surface area contributed by atoms with Crippen molar-refractivity contribution < 1.29 is 4.57 Å². The van der Waals surface area contributed by atoms with Crippen LogP contribution in [0.25, 0.3) is 0 Å². The molecule has 0 unspecified atom stereocenters. The maximum atomic E-state index is 3.89. The van der Waals surface area contributed by atoms with E-state index in [9.17, 15) is 0 Å². The Balaban J connectivity index is 3.21. The van der Waals surface area contributed by atoms with Crippen molar-refractivity contribution in [2.24, 2.45) is 0 Å². The summed E-state index contributed by atoms with van der Waals surface area (Å²) in [4.78, 5) is 0. The van der Waals surface area contributed by atoms with Crippen molar-refractivity contribution in [3.8, 4) is 0 Å². The van der Waals surface area contributed by atoms with Gasteiger partial charge in [-0.15, -0.1) is 6.58 Å². The van der Waals surface area contributed by atoms with Gasteiger partial charge in [0.1, 0.15) is 6.54 Å². The summed E-state index contributed by atoms with van der Waals surface area (Å²) in [6, 6.07) is 0. The van der Waals surface area contributed by atoms with E-state index in [0.717, 1.165) is 6.54 Å². The number of aromatic nitrogens is 1. The summed E-state index contributed by atoms with van der Waals surface area (Å²) in [6.45, 7) is 13.7. The summed E-state index contributed by atoms with van der Waals surface area (Å²) < 4.78 is 2.35. The number of hydrogen-bond donors (Lipinski definition) is 0. The molecule has 0 aromatic carbocycles. The van der Waals surface area contributed by atoms with Gasteiger partial charge in [0.15, 0.2) is 5.69 Å². The lowest BCUT2D eigenvalue weighted by atomic mass is 9.95. The highest BCUT2D eigenvalue weighted by Gasteiger charge is 2.29. The van der Waals surface area contributed by atoms with Crippen LogP contribution >= 0.6 is 11.3 Å². The average molecular weight is 196 g/mol. The van der Waals surface area contributed by atoms with E-state index in [0.29, 0.717) is 0 Å². The van der Waals surface area contributed by atoms with E-state index in [1.54, 1.807) is 0 Å². The average Bonchev–Trinajstić information content (AvgIpc) is 2.47. The van der Waals surface area contributed by atoms with Gasteiger partial charge in [-0.25, -0.2) is 0 Å². The Bertz CT molecular complexity index is 310. The van der Waals surface area contributed by atoms with E-state index in [-0.39, 0.29) is 5.41 Å². The second-order valence-corrected chi connectivity index (χ2v) is 4.71. The molecule has 0 saturated carbocycles. The van der Waals surface area contributed by atoms with Gasteiger partial charge in [0.05, 0.1) is 10.8 Å². The molecule has 0 aliphatic carbocycles. The second-order valence-electron chi connectivity index (χ2n) is 3.85. The maximum Gasteiger partial charge on any atom is 0.246 e. The van der Waals surface area contributed by atoms with Gasteiger partial charge in [-0.2, -0.15) is 4.57 Å². The molecule has 0 saturated heterocycles. The van der Waals surface area contributed by atoms with E-state index in [2.05, 4.69) is 44.2 Å². The third kappa shape index (κ3) is 1.83. The topological polar surface area (TPSA) is 3.88 Å². The molecule has 13 heavy (non-hydrogen) atoms. The first-order valence-electron chi connectivity index (χ1n) is 4.65. The fourth-order valence-electron chi connectivity index (χ4n) is 1.41. The van der Waals surface area contributed by atoms with Gasteiger partial charge in [0.2, 0.25) is 5.01 Å². The van der Waals surface area contributed by atoms with Gasteiger partial charge in [-0.3, -0.25) is 0 Å². The van der Waals surface area contributed by atoms with E-state index in [4.69, 9.17) is 0 Å². The Hall–Kier alpha value is -0.630. The van der Waals surface area contributed by atoms with Crippen LogP contribution in [0.3, 0.4) is 0 Å². The minimum atomic E-state index is 0.0922. The van der Waals surface area contributed by atoms with Crippen molar-refractivity contribution in [2.75, 3.05) is 0 Å². The fourth-order valence-corrected chi connectivity index (χ4v) is 2.61. The van der Waals surface area contributed by atoms with Gasteiger partial charge in [0, 0.05) is 6.92 Å². The first-order chi connectivity index (χ1) is 6.03. The van der Waals surface area contributed by atoms with Gasteiger partial charge < -0.3 is 0 Å². The molecule has 1 aromatic heterocycles.